The molecule has 0 spiro atoms. The van der Waals surface area contributed by atoms with Gasteiger partial charge in [-0.15, -0.1) is 0 Å². The molecular formula is C24H22FN3OS. The summed E-state index contributed by atoms with van der Waals surface area (Å²) < 4.78 is 16.2. The zero-order chi connectivity index (χ0) is 20.5. The van der Waals surface area contributed by atoms with Crippen molar-refractivity contribution in [1.29, 1.82) is 0 Å². The van der Waals surface area contributed by atoms with E-state index < -0.39 is 0 Å². The van der Waals surface area contributed by atoms with Crippen molar-refractivity contribution in [2.24, 2.45) is 9.98 Å². The zero-order valence-electron chi connectivity index (χ0n) is 16.5. The maximum Gasteiger partial charge on any atom is 0.211 e. The molecule has 1 N–H and O–H groups in total. The second-order valence-corrected chi connectivity index (χ2v) is 8.68. The molecule has 1 aromatic heterocycles. The highest BCUT2D eigenvalue weighted by molar-refractivity contribution is 7.10. The number of halogens is 1. The average Bonchev–Trinajstić information content (AvgIpc) is 3.32. The van der Waals surface area contributed by atoms with Crippen LogP contribution in [0, 0.1) is 5.82 Å². The molecule has 0 radical (unpaired) electrons. The fraction of sp³-hybridized carbons (Fsp3) is 0.250. The van der Waals surface area contributed by atoms with E-state index in [9.17, 15) is 9.50 Å². The van der Waals surface area contributed by atoms with Gasteiger partial charge in [-0.05, 0) is 37.1 Å². The van der Waals surface area contributed by atoms with Gasteiger partial charge in [-0.3, -0.25) is 9.56 Å². The summed E-state index contributed by atoms with van der Waals surface area (Å²) in [4.78, 5) is 10.4. The Hall–Kier alpha value is -2.99. The number of aromatic hydroxyl groups is 1. The summed E-state index contributed by atoms with van der Waals surface area (Å²) in [6.45, 7) is 0. The first kappa shape index (κ1) is 19.0. The Kier molecular flexibility index (Phi) is 5.09. The lowest BCUT2D eigenvalue weighted by atomic mass is 9.95. The molecule has 1 saturated carbocycles. The normalized spacial score (nSPS) is 18.3. The van der Waals surface area contributed by atoms with Crippen molar-refractivity contribution in [2.45, 2.75) is 38.1 Å². The van der Waals surface area contributed by atoms with E-state index in [1.807, 2.05) is 41.1 Å². The number of rotatable bonds is 3. The molecule has 1 aliphatic heterocycles. The summed E-state index contributed by atoms with van der Waals surface area (Å²) in [5, 5.41) is 11.1. The Morgan fingerprint density at radius 3 is 2.67 bits per heavy atom. The van der Waals surface area contributed by atoms with E-state index in [0.29, 0.717) is 9.68 Å². The summed E-state index contributed by atoms with van der Waals surface area (Å²) in [6.07, 6.45) is 9.23. The summed E-state index contributed by atoms with van der Waals surface area (Å²) in [5.74, 6) is -0.162. The highest BCUT2D eigenvalue weighted by Crippen LogP contribution is 2.37. The van der Waals surface area contributed by atoms with Crippen molar-refractivity contribution in [1.82, 2.24) is 4.57 Å². The first-order valence-electron chi connectivity index (χ1n) is 10.3. The number of aliphatic imine (C=N–C) groups is 1. The molecule has 30 heavy (non-hydrogen) atoms. The third-order valence-electron chi connectivity index (χ3n) is 5.71. The number of fused-ring (bicyclic) bond motifs is 1. The molecule has 0 bridgehead atoms. The van der Waals surface area contributed by atoms with Crippen molar-refractivity contribution >= 4 is 40.6 Å². The number of hydrogen-bond acceptors (Lipinski definition) is 4. The van der Waals surface area contributed by atoms with Crippen molar-refractivity contribution in [2.75, 3.05) is 0 Å². The first-order chi connectivity index (χ1) is 14.7. The maximum absolute atomic E-state index is 14.3. The van der Waals surface area contributed by atoms with Crippen LogP contribution in [-0.4, -0.2) is 15.9 Å². The van der Waals surface area contributed by atoms with Crippen LogP contribution in [-0.2, 0) is 0 Å². The van der Waals surface area contributed by atoms with E-state index in [-0.39, 0.29) is 23.4 Å². The number of thiazole rings is 1. The van der Waals surface area contributed by atoms with Gasteiger partial charge in [0.1, 0.15) is 11.5 Å². The van der Waals surface area contributed by atoms with Crippen LogP contribution >= 0.6 is 11.3 Å². The number of aromatic nitrogens is 1. The minimum absolute atomic E-state index is 0.178. The SMILES string of the molecule is Oc1c(C=C2C=Nc3ccccc32)sc(=Nc2ccccc2F)n1C1CCCCC1. The second kappa shape index (κ2) is 8.03. The van der Waals surface area contributed by atoms with Crippen LogP contribution < -0.4 is 4.80 Å². The quantitative estimate of drug-likeness (QED) is 0.525. The summed E-state index contributed by atoms with van der Waals surface area (Å²) >= 11 is 1.39. The minimum atomic E-state index is -0.364. The van der Waals surface area contributed by atoms with E-state index in [0.717, 1.165) is 42.5 Å². The predicted octanol–water partition coefficient (Wildman–Crippen LogP) is 6.39. The van der Waals surface area contributed by atoms with Crippen LogP contribution in [0.5, 0.6) is 5.88 Å². The van der Waals surface area contributed by atoms with Gasteiger partial charge in [0.2, 0.25) is 5.88 Å². The van der Waals surface area contributed by atoms with E-state index in [1.165, 1.54) is 23.8 Å². The van der Waals surface area contributed by atoms with Crippen LogP contribution in [0.3, 0.4) is 0 Å². The zero-order valence-corrected chi connectivity index (χ0v) is 17.3. The standard InChI is InChI=1S/C24H22FN3OS/c25-19-11-5-7-13-21(19)27-24-28(17-8-2-1-3-9-17)23(29)22(30-24)14-16-15-26-20-12-6-4-10-18(16)20/h4-7,10-15,17,29H,1-3,8-9H2. The van der Waals surface area contributed by atoms with Crippen molar-refractivity contribution < 1.29 is 9.50 Å². The van der Waals surface area contributed by atoms with Gasteiger partial charge in [0.25, 0.3) is 0 Å². The van der Waals surface area contributed by atoms with Gasteiger partial charge >= 0.3 is 0 Å². The van der Waals surface area contributed by atoms with Gasteiger partial charge in [0, 0.05) is 23.4 Å². The highest BCUT2D eigenvalue weighted by atomic mass is 32.1. The lowest BCUT2D eigenvalue weighted by Gasteiger charge is -2.23. The molecular weight excluding hydrogens is 397 g/mol. The van der Waals surface area contributed by atoms with Gasteiger partial charge in [0.05, 0.1) is 10.6 Å². The Bertz CT molecular complexity index is 1220. The number of nitrogens with zero attached hydrogens (tertiary/aromatic N) is 3. The Morgan fingerprint density at radius 2 is 1.83 bits per heavy atom. The molecule has 3 aromatic rings. The average molecular weight is 420 g/mol. The molecule has 152 valence electrons. The summed E-state index contributed by atoms with van der Waals surface area (Å²) in [6, 6.07) is 14.6. The largest absolute Gasteiger partial charge is 0.493 e. The minimum Gasteiger partial charge on any atom is -0.493 e. The van der Waals surface area contributed by atoms with Crippen molar-refractivity contribution in [3.05, 3.63) is 69.6 Å². The highest BCUT2D eigenvalue weighted by Gasteiger charge is 2.23. The molecule has 2 aliphatic rings. The Morgan fingerprint density at radius 1 is 1.07 bits per heavy atom. The van der Waals surface area contributed by atoms with Gasteiger partial charge in [-0.2, -0.15) is 0 Å². The Balaban J connectivity index is 1.65. The van der Waals surface area contributed by atoms with Crippen molar-refractivity contribution in [3.8, 4) is 5.88 Å². The third-order valence-corrected chi connectivity index (χ3v) is 6.70. The molecule has 2 aromatic carbocycles. The Labute approximate surface area is 178 Å². The number of allylic oxidation sites excluding steroid dienone is 1. The maximum atomic E-state index is 14.3. The fourth-order valence-electron chi connectivity index (χ4n) is 4.18. The molecule has 2 heterocycles. The molecule has 5 rings (SSSR count). The van der Waals surface area contributed by atoms with E-state index in [4.69, 9.17) is 0 Å². The van der Waals surface area contributed by atoms with Gasteiger partial charge in [-0.1, -0.05) is 60.9 Å². The lowest BCUT2D eigenvalue weighted by molar-refractivity contribution is 0.307. The molecule has 4 nitrogen and oxygen atoms in total. The third kappa shape index (κ3) is 3.52. The predicted molar refractivity (Wildman–Crippen MR) is 120 cm³/mol. The van der Waals surface area contributed by atoms with Gasteiger partial charge in [0.15, 0.2) is 4.80 Å². The van der Waals surface area contributed by atoms with Crippen LogP contribution in [0.25, 0.3) is 11.6 Å². The monoisotopic (exact) mass is 419 g/mol. The molecule has 0 amide bonds. The topological polar surface area (TPSA) is 49.9 Å². The summed E-state index contributed by atoms with van der Waals surface area (Å²) in [7, 11) is 0. The molecule has 0 atom stereocenters. The van der Waals surface area contributed by atoms with Gasteiger partial charge < -0.3 is 5.11 Å². The van der Waals surface area contributed by atoms with E-state index >= 15 is 0 Å². The van der Waals surface area contributed by atoms with Crippen molar-refractivity contribution in [3.63, 3.8) is 0 Å². The van der Waals surface area contributed by atoms with Crippen LogP contribution in [0.2, 0.25) is 0 Å². The van der Waals surface area contributed by atoms with Gasteiger partial charge in [-0.25, -0.2) is 9.38 Å². The van der Waals surface area contributed by atoms with Crippen LogP contribution in [0.15, 0.2) is 58.5 Å². The fourth-order valence-corrected chi connectivity index (χ4v) is 5.23. The molecule has 6 heteroatoms. The number of benzene rings is 2. The number of hydrogen-bond donors (Lipinski definition) is 1. The molecule has 0 unspecified atom stereocenters. The van der Waals surface area contributed by atoms with E-state index in [1.54, 1.807) is 18.2 Å². The van der Waals surface area contributed by atoms with Crippen LogP contribution in [0.4, 0.5) is 15.8 Å². The lowest BCUT2D eigenvalue weighted by Crippen LogP contribution is -2.22. The molecule has 1 fully saturated rings. The second-order valence-electron chi connectivity index (χ2n) is 7.67. The van der Waals surface area contributed by atoms with E-state index in [2.05, 4.69) is 9.98 Å². The van der Waals surface area contributed by atoms with Crippen LogP contribution in [0.1, 0.15) is 48.6 Å². The first-order valence-corrected chi connectivity index (χ1v) is 11.1. The molecule has 1 aliphatic carbocycles. The summed E-state index contributed by atoms with van der Waals surface area (Å²) in [5.41, 5.74) is 3.21. The number of para-hydroxylation sites is 2. The molecule has 0 saturated heterocycles. The smallest absolute Gasteiger partial charge is 0.211 e.